The highest BCUT2D eigenvalue weighted by atomic mass is 16.5. The molecular weight excluding hydrogens is 256 g/mol. The summed E-state index contributed by atoms with van der Waals surface area (Å²) in [6, 6.07) is 7.91. The van der Waals surface area contributed by atoms with Gasteiger partial charge in [-0.05, 0) is 31.0 Å². The molecule has 0 atom stereocenters. The second-order valence-corrected chi connectivity index (χ2v) is 4.31. The number of hydrogen-bond acceptors (Lipinski definition) is 4. The third kappa shape index (κ3) is 3.60. The van der Waals surface area contributed by atoms with Crippen molar-refractivity contribution in [3.63, 3.8) is 0 Å². The van der Waals surface area contributed by atoms with E-state index in [1.807, 2.05) is 24.3 Å². The Labute approximate surface area is 118 Å². The second kappa shape index (κ2) is 6.75. The number of carbonyl (C=O) groups excluding carboxylic acids is 1. The van der Waals surface area contributed by atoms with Crippen molar-refractivity contribution in [3.8, 4) is 5.75 Å². The molecule has 0 spiro atoms. The zero-order valence-corrected chi connectivity index (χ0v) is 11.7. The molecular formula is C15H18N2O3. The van der Waals surface area contributed by atoms with Gasteiger partial charge in [0.25, 0.3) is 0 Å². The van der Waals surface area contributed by atoms with Crippen LogP contribution in [0.1, 0.15) is 22.8 Å². The average molecular weight is 274 g/mol. The van der Waals surface area contributed by atoms with E-state index in [-0.39, 0.29) is 5.97 Å². The monoisotopic (exact) mass is 274 g/mol. The Balaban J connectivity index is 1.91. The van der Waals surface area contributed by atoms with Crippen molar-refractivity contribution in [1.29, 1.82) is 0 Å². The van der Waals surface area contributed by atoms with Crippen LogP contribution in [0.5, 0.6) is 5.75 Å². The van der Waals surface area contributed by atoms with Gasteiger partial charge in [-0.25, -0.2) is 4.79 Å². The minimum atomic E-state index is -0.330. The van der Waals surface area contributed by atoms with Crippen LogP contribution < -0.4 is 4.74 Å². The van der Waals surface area contributed by atoms with Crippen molar-refractivity contribution >= 4 is 5.97 Å². The molecule has 0 N–H and O–H groups in total. The average Bonchev–Trinajstić information content (AvgIpc) is 2.95. The highest BCUT2D eigenvalue weighted by Crippen LogP contribution is 2.12. The molecule has 0 fully saturated rings. The lowest BCUT2D eigenvalue weighted by Gasteiger charge is -2.04. The highest BCUT2D eigenvalue weighted by molar-refractivity contribution is 5.88. The molecule has 0 unspecified atom stereocenters. The van der Waals surface area contributed by atoms with E-state index in [0.29, 0.717) is 18.7 Å². The van der Waals surface area contributed by atoms with Crippen molar-refractivity contribution in [3.05, 3.63) is 47.8 Å². The largest absolute Gasteiger partial charge is 0.497 e. The van der Waals surface area contributed by atoms with Gasteiger partial charge in [-0.2, -0.15) is 5.10 Å². The molecule has 0 aliphatic heterocycles. The Bertz CT molecular complexity index is 561. The predicted molar refractivity (Wildman–Crippen MR) is 74.9 cm³/mol. The minimum absolute atomic E-state index is 0.330. The van der Waals surface area contributed by atoms with Gasteiger partial charge in [-0.3, -0.25) is 4.68 Å². The van der Waals surface area contributed by atoms with Crippen LogP contribution in [-0.2, 0) is 17.7 Å². The number of aromatic nitrogens is 2. The van der Waals surface area contributed by atoms with Gasteiger partial charge in [0.05, 0.1) is 25.5 Å². The molecule has 0 amide bonds. The van der Waals surface area contributed by atoms with Crippen LogP contribution >= 0.6 is 0 Å². The van der Waals surface area contributed by atoms with Crippen molar-refractivity contribution < 1.29 is 14.3 Å². The molecule has 1 aromatic heterocycles. The lowest BCUT2D eigenvalue weighted by molar-refractivity contribution is 0.0526. The van der Waals surface area contributed by atoms with Crippen molar-refractivity contribution in [2.24, 2.45) is 0 Å². The SMILES string of the molecule is CCOC(=O)c1cnn(CCc2ccc(OC)cc2)c1. The van der Waals surface area contributed by atoms with E-state index in [2.05, 4.69) is 5.10 Å². The van der Waals surface area contributed by atoms with Crippen LogP contribution in [0.4, 0.5) is 0 Å². The van der Waals surface area contributed by atoms with E-state index in [1.165, 1.54) is 11.8 Å². The number of aryl methyl sites for hydroxylation is 2. The molecule has 0 aliphatic carbocycles. The van der Waals surface area contributed by atoms with Crippen molar-refractivity contribution in [1.82, 2.24) is 9.78 Å². The Morgan fingerprint density at radius 2 is 2.05 bits per heavy atom. The molecule has 5 nitrogen and oxygen atoms in total. The number of esters is 1. The molecule has 0 radical (unpaired) electrons. The van der Waals surface area contributed by atoms with E-state index < -0.39 is 0 Å². The standard InChI is InChI=1S/C15H18N2O3/c1-3-20-15(18)13-10-16-17(11-13)9-8-12-4-6-14(19-2)7-5-12/h4-7,10-11H,3,8-9H2,1-2H3. The first-order valence-corrected chi connectivity index (χ1v) is 6.55. The Hall–Kier alpha value is -2.30. The maximum absolute atomic E-state index is 11.5. The summed E-state index contributed by atoms with van der Waals surface area (Å²) in [5, 5.41) is 4.16. The van der Waals surface area contributed by atoms with Crippen LogP contribution in [0, 0.1) is 0 Å². The maximum atomic E-state index is 11.5. The number of ether oxygens (including phenoxy) is 2. The molecule has 0 aliphatic rings. The fourth-order valence-electron chi connectivity index (χ4n) is 1.84. The summed E-state index contributed by atoms with van der Waals surface area (Å²) in [5.41, 5.74) is 1.68. The van der Waals surface area contributed by atoms with Crippen LogP contribution in [0.25, 0.3) is 0 Å². The first-order chi connectivity index (χ1) is 9.72. The number of benzene rings is 1. The number of rotatable bonds is 6. The summed E-state index contributed by atoms with van der Waals surface area (Å²) in [4.78, 5) is 11.5. The zero-order chi connectivity index (χ0) is 14.4. The molecule has 1 aromatic carbocycles. The van der Waals surface area contributed by atoms with Crippen LogP contribution in [0.3, 0.4) is 0 Å². The first-order valence-electron chi connectivity index (χ1n) is 6.55. The molecule has 5 heteroatoms. The maximum Gasteiger partial charge on any atom is 0.341 e. The second-order valence-electron chi connectivity index (χ2n) is 4.31. The van der Waals surface area contributed by atoms with Gasteiger partial charge < -0.3 is 9.47 Å². The van der Waals surface area contributed by atoms with E-state index in [0.717, 1.165) is 12.2 Å². The highest BCUT2D eigenvalue weighted by Gasteiger charge is 2.09. The van der Waals surface area contributed by atoms with Gasteiger partial charge in [-0.15, -0.1) is 0 Å². The van der Waals surface area contributed by atoms with E-state index in [1.54, 1.807) is 24.9 Å². The Morgan fingerprint density at radius 3 is 2.70 bits per heavy atom. The summed E-state index contributed by atoms with van der Waals surface area (Å²) < 4.78 is 11.8. The molecule has 2 aromatic rings. The van der Waals surface area contributed by atoms with Gasteiger partial charge in [0.1, 0.15) is 5.75 Å². The molecule has 0 saturated heterocycles. The molecule has 1 heterocycles. The number of hydrogen-bond donors (Lipinski definition) is 0. The fraction of sp³-hybridized carbons (Fsp3) is 0.333. The van der Waals surface area contributed by atoms with Crippen LogP contribution in [0.15, 0.2) is 36.7 Å². The van der Waals surface area contributed by atoms with Gasteiger partial charge in [0, 0.05) is 12.7 Å². The van der Waals surface area contributed by atoms with Crippen molar-refractivity contribution in [2.75, 3.05) is 13.7 Å². The topological polar surface area (TPSA) is 53.3 Å². The minimum Gasteiger partial charge on any atom is -0.497 e. The van der Waals surface area contributed by atoms with E-state index in [4.69, 9.17) is 9.47 Å². The van der Waals surface area contributed by atoms with Gasteiger partial charge in [0.15, 0.2) is 0 Å². The number of carbonyl (C=O) groups is 1. The third-order valence-electron chi connectivity index (χ3n) is 2.93. The number of methoxy groups -OCH3 is 1. The summed E-state index contributed by atoms with van der Waals surface area (Å²) in [6.45, 7) is 2.87. The number of nitrogens with zero attached hydrogens (tertiary/aromatic N) is 2. The van der Waals surface area contributed by atoms with Crippen LogP contribution in [0.2, 0.25) is 0 Å². The molecule has 20 heavy (non-hydrogen) atoms. The lowest BCUT2D eigenvalue weighted by Crippen LogP contribution is -2.04. The van der Waals surface area contributed by atoms with E-state index in [9.17, 15) is 4.79 Å². The third-order valence-corrected chi connectivity index (χ3v) is 2.93. The normalized spacial score (nSPS) is 10.3. The zero-order valence-electron chi connectivity index (χ0n) is 11.7. The van der Waals surface area contributed by atoms with Gasteiger partial charge >= 0.3 is 5.97 Å². The Morgan fingerprint density at radius 1 is 1.30 bits per heavy atom. The fourth-order valence-corrected chi connectivity index (χ4v) is 1.84. The summed E-state index contributed by atoms with van der Waals surface area (Å²) >= 11 is 0. The first kappa shape index (κ1) is 14.1. The summed E-state index contributed by atoms with van der Waals surface area (Å²) in [6.07, 6.45) is 4.08. The molecule has 0 bridgehead atoms. The van der Waals surface area contributed by atoms with Crippen LogP contribution in [-0.4, -0.2) is 29.5 Å². The van der Waals surface area contributed by atoms with Gasteiger partial charge in [0.2, 0.25) is 0 Å². The van der Waals surface area contributed by atoms with E-state index >= 15 is 0 Å². The van der Waals surface area contributed by atoms with Crippen molar-refractivity contribution in [2.45, 2.75) is 19.9 Å². The van der Waals surface area contributed by atoms with Gasteiger partial charge in [-0.1, -0.05) is 12.1 Å². The summed E-state index contributed by atoms with van der Waals surface area (Å²) in [5.74, 6) is 0.514. The quantitative estimate of drug-likeness (QED) is 0.758. The summed E-state index contributed by atoms with van der Waals surface area (Å²) in [7, 11) is 1.65. The molecule has 0 saturated carbocycles. The molecule has 106 valence electrons. The lowest BCUT2D eigenvalue weighted by atomic mass is 10.1. The smallest absolute Gasteiger partial charge is 0.341 e. The molecule has 2 rings (SSSR count). The Kier molecular flexibility index (Phi) is 4.76. The predicted octanol–water partition coefficient (Wildman–Crippen LogP) is 2.31.